The van der Waals surface area contributed by atoms with Gasteiger partial charge in [0.2, 0.25) is 0 Å². The number of aliphatic hydroxyl groups excluding tert-OH is 1. The van der Waals surface area contributed by atoms with Crippen LogP contribution in [-0.2, 0) is 9.53 Å². The molecule has 33 heavy (non-hydrogen) atoms. The van der Waals surface area contributed by atoms with E-state index in [2.05, 4.69) is 34.6 Å². The maximum Gasteiger partial charge on any atom is 0.302 e. The van der Waals surface area contributed by atoms with Gasteiger partial charge in [-0.15, -0.1) is 0 Å². The van der Waals surface area contributed by atoms with Gasteiger partial charge < -0.3 is 14.9 Å². The quantitative estimate of drug-likeness (QED) is 0.466. The normalized spacial score (nSPS) is 48.0. The predicted molar refractivity (Wildman–Crippen MR) is 131 cm³/mol. The second kappa shape index (κ2) is 9.12. The first-order valence-corrected chi connectivity index (χ1v) is 14.0. The molecule has 0 amide bonds. The Bertz CT molecular complexity index is 720. The van der Waals surface area contributed by atoms with E-state index in [1.807, 2.05) is 0 Å². The average molecular weight is 463 g/mol. The number of carbonyl (C=O) groups is 1. The molecule has 0 bridgehead atoms. The van der Waals surface area contributed by atoms with Crippen LogP contribution in [0.1, 0.15) is 112 Å². The van der Waals surface area contributed by atoms with E-state index in [0.29, 0.717) is 36.0 Å². The third-order valence-corrected chi connectivity index (χ3v) is 11.3. The van der Waals surface area contributed by atoms with E-state index < -0.39 is 11.7 Å². The van der Waals surface area contributed by atoms with Gasteiger partial charge in [0.15, 0.2) is 0 Å². The maximum absolute atomic E-state index is 11.9. The van der Waals surface area contributed by atoms with Gasteiger partial charge in [0.1, 0.15) is 6.10 Å². The van der Waals surface area contributed by atoms with Crippen LogP contribution in [0.25, 0.3) is 0 Å². The lowest BCUT2D eigenvalue weighted by Crippen LogP contribution is -2.68. The molecule has 4 fully saturated rings. The number of hydrogen-bond acceptors (Lipinski definition) is 4. The number of aliphatic hydroxyl groups is 2. The Balaban J connectivity index is 1.51. The van der Waals surface area contributed by atoms with Crippen LogP contribution in [0.5, 0.6) is 0 Å². The summed E-state index contributed by atoms with van der Waals surface area (Å²) < 4.78 is 5.50. The molecular formula is C29H50O4. The molecule has 4 rings (SSSR count). The minimum atomic E-state index is -1.15. The summed E-state index contributed by atoms with van der Waals surface area (Å²) in [4.78, 5) is 11.5. The van der Waals surface area contributed by atoms with Crippen LogP contribution in [-0.4, -0.2) is 34.0 Å². The highest BCUT2D eigenvalue weighted by atomic mass is 16.5. The van der Waals surface area contributed by atoms with Crippen molar-refractivity contribution in [3.63, 3.8) is 0 Å². The number of ether oxygens (including phenoxy) is 1. The van der Waals surface area contributed by atoms with Gasteiger partial charge in [0, 0.05) is 18.8 Å². The molecule has 4 aliphatic carbocycles. The van der Waals surface area contributed by atoms with E-state index in [9.17, 15) is 15.0 Å². The summed E-state index contributed by atoms with van der Waals surface area (Å²) in [6.07, 6.45) is 10.8. The number of carbonyl (C=O) groups excluding carboxylic acids is 1. The fraction of sp³-hybridized carbons (Fsp3) is 0.966. The monoisotopic (exact) mass is 462 g/mol. The highest BCUT2D eigenvalue weighted by Crippen LogP contribution is 2.69. The van der Waals surface area contributed by atoms with Crippen LogP contribution in [0.3, 0.4) is 0 Å². The summed E-state index contributed by atoms with van der Waals surface area (Å²) in [5, 5.41) is 23.3. The molecule has 4 saturated carbocycles. The fourth-order valence-corrected chi connectivity index (χ4v) is 9.60. The Labute approximate surface area is 202 Å². The van der Waals surface area contributed by atoms with E-state index in [-0.39, 0.29) is 17.5 Å². The highest BCUT2D eigenvalue weighted by Gasteiger charge is 2.67. The van der Waals surface area contributed by atoms with Crippen molar-refractivity contribution in [1.29, 1.82) is 0 Å². The first-order valence-electron chi connectivity index (χ1n) is 14.0. The van der Waals surface area contributed by atoms with Gasteiger partial charge in [0.25, 0.3) is 0 Å². The van der Waals surface area contributed by atoms with Crippen LogP contribution >= 0.6 is 0 Å². The zero-order chi connectivity index (χ0) is 24.2. The smallest absolute Gasteiger partial charge is 0.302 e. The topological polar surface area (TPSA) is 66.8 Å². The minimum absolute atomic E-state index is 0.275. The van der Waals surface area contributed by atoms with Crippen molar-refractivity contribution in [3.05, 3.63) is 0 Å². The van der Waals surface area contributed by atoms with Gasteiger partial charge in [-0.1, -0.05) is 53.9 Å². The first kappa shape index (κ1) is 25.5. The van der Waals surface area contributed by atoms with Gasteiger partial charge in [-0.05, 0) is 85.9 Å². The number of fused-ring (bicyclic) bond motifs is 5. The van der Waals surface area contributed by atoms with Gasteiger partial charge >= 0.3 is 5.97 Å². The Kier molecular flexibility index (Phi) is 7.04. The van der Waals surface area contributed by atoms with Gasteiger partial charge in [0.05, 0.1) is 11.7 Å². The lowest BCUT2D eigenvalue weighted by Gasteiger charge is -2.65. The third kappa shape index (κ3) is 4.20. The lowest BCUT2D eigenvalue weighted by molar-refractivity contribution is -0.266. The van der Waals surface area contributed by atoms with E-state index >= 15 is 0 Å². The number of hydrogen-bond donors (Lipinski definition) is 2. The standard InChI is InChI=1S/C29H50O4/c1-18(2)8-7-9-19(3)23-10-11-24-22-16-26(31)29(32)17-21(33-20(4)30)12-15-28(29,6)25(22)13-14-27(23,24)5/h18-19,21-26,31-32H,7-17H2,1-6H3/t19-,21+,22+,23-,24+,25+,26+,27-,28-,29+/m1/s1. The summed E-state index contributed by atoms with van der Waals surface area (Å²) in [5.41, 5.74) is -1.07. The minimum Gasteiger partial charge on any atom is -0.462 e. The van der Waals surface area contributed by atoms with Gasteiger partial charge in [-0.25, -0.2) is 0 Å². The second-order valence-corrected chi connectivity index (χ2v) is 13.5. The predicted octanol–water partition coefficient (Wildman–Crippen LogP) is 6.13. The molecule has 0 radical (unpaired) electrons. The lowest BCUT2D eigenvalue weighted by atomic mass is 9.42. The fourth-order valence-electron chi connectivity index (χ4n) is 9.60. The summed E-state index contributed by atoms with van der Waals surface area (Å²) in [5.74, 6) is 3.69. The summed E-state index contributed by atoms with van der Waals surface area (Å²) >= 11 is 0. The third-order valence-electron chi connectivity index (χ3n) is 11.3. The molecular weight excluding hydrogens is 412 g/mol. The van der Waals surface area contributed by atoms with Crippen LogP contribution in [0, 0.1) is 46.3 Å². The zero-order valence-electron chi connectivity index (χ0n) is 22.1. The molecule has 10 atom stereocenters. The van der Waals surface area contributed by atoms with Gasteiger partial charge in [-0.3, -0.25) is 4.79 Å². The largest absolute Gasteiger partial charge is 0.462 e. The molecule has 0 aliphatic heterocycles. The van der Waals surface area contributed by atoms with Gasteiger partial charge in [-0.2, -0.15) is 0 Å². The molecule has 2 N–H and O–H groups in total. The molecule has 0 aromatic rings. The molecule has 0 aromatic carbocycles. The molecule has 190 valence electrons. The molecule has 0 saturated heterocycles. The second-order valence-electron chi connectivity index (χ2n) is 13.5. The molecule has 0 heterocycles. The maximum atomic E-state index is 11.9. The van der Waals surface area contributed by atoms with Crippen LogP contribution in [0.4, 0.5) is 0 Å². The Hall–Kier alpha value is -0.610. The van der Waals surface area contributed by atoms with Crippen LogP contribution < -0.4 is 0 Å². The molecule has 0 spiro atoms. The Morgan fingerprint density at radius 1 is 1.03 bits per heavy atom. The van der Waals surface area contributed by atoms with Crippen molar-refractivity contribution in [1.82, 2.24) is 0 Å². The van der Waals surface area contributed by atoms with E-state index in [4.69, 9.17) is 4.74 Å². The Morgan fingerprint density at radius 3 is 2.42 bits per heavy atom. The number of esters is 1. The van der Waals surface area contributed by atoms with E-state index in [0.717, 1.165) is 37.0 Å². The summed E-state index contributed by atoms with van der Waals surface area (Å²) in [6, 6.07) is 0. The molecule has 4 aliphatic rings. The zero-order valence-corrected chi connectivity index (χ0v) is 22.1. The summed E-state index contributed by atoms with van der Waals surface area (Å²) in [7, 11) is 0. The van der Waals surface area contributed by atoms with Crippen molar-refractivity contribution in [3.8, 4) is 0 Å². The van der Waals surface area contributed by atoms with Crippen LogP contribution in [0.2, 0.25) is 0 Å². The van der Waals surface area contributed by atoms with Crippen molar-refractivity contribution in [2.24, 2.45) is 46.3 Å². The van der Waals surface area contributed by atoms with Crippen molar-refractivity contribution >= 4 is 5.97 Å². The first-order chi connectivity index (χ1) is 15.4. The average Bonchev–Trinajstić information content (AvgIpc) is 3.07. The van der Waals surface area contributed by atoms with Crippen molar-refractivity contribution in [2.75, 3.05) is 0 Å². The van der Waals surface area contributed by atoms with E-state index in [1.165, 1.54) is 45.4 Å². The van der Waals surface area contributed by atoms with Crippen molar-refractivity contribution < 1.29 is 19.7 Å². The number of rotatable bonds is 6. The molecule has 4 nitrogen and oxygen atoms in total. The Morgan fingerprint density at radius 2 is 1.76 bits per heavy atom. The summed E-state index contributed by atoms with van der Waals surface area (Å²) in [6.45, 7) is 13.4. The highest BCUT2D eigenvalue weighted by molar-refractivity contribution is 5.66. The SMILES string of the molecule is CC(=O)O[C@H]1CC[C@]2(C)[C@H]3CC[C@]4(C)[C@@H]([C@H](C)CCCC(C)C)CC[C@H]4[C@@H]3C[C@H](O)[C@@]2(O)C1. The van der Waals surface area contributed by atoms with Crippen LogP contribution in [0.15, 0.2) is 0 Å². The molecule has 0 unspecified atom stereocenters. The molecule has 0 aromatic heterocycles. The van der Waals surface area contributed by atoms with E-state index in [1.54, 1.807) is 0 Å². The molecule has 4 heteroatoms. The van der Waals surface area contributed by atoms with Crippen molar-refractivity contribution in [2.45, 2.75) is 130 Å².